The zero-order valence-electron chi connectivity index (χ0n) is 11.7. The minimum atomic E-state index is 0.385. The maximum absolute atomic E-state index is 4.67. The van der Waals surface area contributed by atoms with Gasteiger partial charge in [-0.3, -0.25) is 9.99 Å². The van der Waals surface area contributed by atoms with Gasteiger partial charge in [0.1, 0.15) is 0 Å². The lowest BCUT2D eigenvalue weighted by Gasteiger charge is -2.32. The zero-order chi connectivity index (χ0) is 13.9. The number of fused-ring (bicyclic) bond motifs is 1. The van der Waals surface area contributed by atoms with Gasteiger partial charge in [0.25, 0.3) is 0 Å². The summed E-state index contributed by atoms with van der Waals surface area (Å²) in [5.41, 5.74) is 3.57. The van der Waals surface area contributed by atoms with Gasteiger partial charge in [-0.2, -0.15) is 5.10 Å². The van der Waals surface area contributed by atoms with Gasteiger partial charge in [0.2, 0.25) is 0 Å². The second-order valence-electron chi connectivity index (χ2n) is 4.98. The fourth-order valence-electron chi connectivity index (χ4n) is 2.30. The minimum absolute atomic E-state index is 0.385. The third kappa shape index (κ3) is 2.70. The normalized spacial score (nSPS) is 17.5. The van der Waals surface area contributed by atoms with Crippen LogP contribution in [0, 0.1) is 0 Å². The van der Waals surface area contributed by atoms with E-state index >= 15 is 0 Å². The molecule has 0 aliphatic carbocycles. The lowest BCUT2D eigenvalue weighted by Crippen LogP contribution is -2.27. The van der Waals surface area contributed by atoms with E-state index in [4.69, 9.17) is 0 Å². The topological polar surface area (TPSA) is 28.5 Å². The molecule has 102 valence electrons. The summed E-state index contributed by atoms with van der Waals surface area (Å²) >= 11 is 1.90. The molecule has 3 nitrogen and oxygen atoms in total. The second kappa shape index (κ2) is 5.67. The first-order chi connectivity index (χ1) is 9.74. The first kappa shape index (κ1) is 13.2. The highest BCUT2D eigenvalue weighted by atomic mass is 32.2. The summed E-state index contributed by atoms with van der Waals surface area (Å²) in [6.45, 7) is 4.95. The number of aromatic nitrogens is 1. The van der Waals surface area contributed by atoms with E-state index in [9.17, 15) is 0 Å². The van der Waals surface area contributed by atoms with Crippen molar-refractivity contribution in [1.82, 2.24) is 4.98 Å². The smallest absolute Gasteiger partial charge is 0.0730 e. The van der Waals surface area contributed by atoms with E-state index in [0.717, 1.165) is 12.3 Å². The van der Waals surface area contributed by atoms with Gasteiger partial charge in [-0.1, -0.05) is 12.1 Å². The molecule has 1 aromatic carbocycles. The SMILES string of the molecule is CC(C)=NN1CC(c2ccncc2)Sc2ccccc21. The number of para-hydroxylation sites is 1. The van der Waals surface area contributed by atoms with Crippen molar-refractivity contribution in [2.45, 2.75) is 24.0 Å². The number of thioether (sulfide) groups is 1. The monoisotopic (exact) mass is 283 g/mol. The molecule has 0 radical (unpaired) electrons. The van der Waals surface area contributed by atoms with E-state index in [0.29, 0.717) is 5.25 Å². The number of nitrogens with zero attached hydrogens (tertiary/aromatic N) is 3. The Hall–Kier alpha value is -1.81. The lowest BCUT2D eigenvalue weighted by molar-refractivity contribution is 0.786. The van der Waals surface area contributed by atoms with Crippen LogP contribution in [0.25, 0.3) is 0 Å². The molecule has 0 amide bonds. The fraction of sp³-hybridized carbons (Fsp3) is 0.250. The van der Waals surface area contributed by atoms with Crippen molar-refractivity contribution >= 4 is 23.2 Å². The van der Waals surface area contributed by atoms with E-state index in [-0.39, 0.29) is 0 Å². The van der Waals surface area contributed by atoms with Crippen LogP contribution in [0.5, 0.6) is 0 Å². The summed E-state index contributed by atoms with van der Waals surface area (Å²) < 4.78 is 0. The molecule has 1 atom stereocenters. The first-order valence-electron chi connectivity index (χ1n) is 6.69. The van der Waals surface area contributed by atoms with Crippen molar-refractivity contribution in [2.75, 3.05) is 11.6 Å². The van der Waals surface area contributed by atoms with Gasteiger partial charge in [-0.15, -0.1) is 11.8 Å². The summed E-state index contributed by atoms with van der Waals surface area (Å²) in [7, 11) is 0. The highest BCUT2D eigenvalue weighted by Gasteiger charge is 2.25. The molecule has 0 saturated heterocycles. The van der Waals surface area contributed by atoms with Crippen molar-refractivity contribution < 1.29 is 0 Å². The van der Waals surface area contributed by atoms with Crippen LogP contribution in [0.3, 0.4) is 0 Å². The Morgan fingerprint density at radius 3 is 2.70 bits per heavy atom. The Balaban J connectivity index is 1.98. The number of benzene rings is 1. The van der Waals surface area contributed by atoms with Crippen molar-refractivity contribution in [1.29, 1.82) is 0 Å². The molecule has 1 aliphatic heterocycles. The molecule has 0 fully saturated rings. The summed E-state index contributed by atoms with van der Waals surface area (Å²) in [5.74, 6) is 0. The van der Waals surface area contributed by atoms with Crippen LogP contribution in [0.4, 0.5) is 5.69 Å². The summed E-state index contributed by atoms with van der Waals surface area (Å²) in [6.07, 6.45) is 3.71. The first-order valence-corrected chi connectivity index (χ1v) is 7.57. The van der Waals surface area contributed by atoms with Gasteiger partial charge < -0.3 is 0 Å². The molecule has 0 saturated carbocycles. The Bertz CT molecular complexity index is 621. The summed E-state index contributed by atoms with van der Waals surface area (Å²) in [4.78, 5) is 5.38. The molecule has 0 bridgehead atoms. The molecule has 2 heterocycles. The molecule has 2 aromatic rings. The van der Waals surface area contributed by atoms with E-state index in [1.54, 1.807) is 0 Å². The van der Waals surface area contributed by atoms with Gasteiger partial charge in [-0.05, 0) is 43.7 Å². The number of hydrazone groups is 1. The standard InChI is InChI=1S/C16H17N3S/c1-12(2)18-19-11-16(13-7-9-17-10-8-13)20-15-6-4-3-5-14(15)19/h3-10,16H,11H2,1-2H3. The largest absolute Gasteiger partial charge is 0.265 e. The third-order valence-corrected chi connectivity index (χ3v) is 4.45. The zero-order valence-corrected chi connectivity index (χ0v) is 12.5. The molecule has 1 aromatic heterocycles. The van der Waals surface area contributed by atoms with E-state index < -0.39 is 0 Å². The molecule has 3 rings (SSSR count). The third-order valence-electron chi connectivity index (χ3n) is 3.15. The van der Waals surface area contributed by atoms with Crippen LogP contribution in [0.2, 0.25) is 0 Å². The number of anilines is 1. The quantitative estimate of drug-likeness (QED) is 0.776. The van der Waals surface area contributed by atoms with Crippen LogP contribution < -0.4 is 5.01 Å². The molecular weight excluding hydrogens is 266 g/mol. The number of pyridine rings is 1. The van der Waals surface area contributed by atoms with E-state index in [1.165, 1.54) is 16.1 Å². The molecular formula is C16H17N3S. The maximum atomic E-state index is 4.67. The van der Waals surface area contributed by atoms with Gasteiger partial charge in [0.15, 0.2) is 0 Å². The second-order valence-corrected chi connectivity index (χ2v) is 6.23. The highest BCUT2D eigenvalue weighted by molar-refractivity contribution is 7.99. The van der Waals surface area contributed by atoms with Gasteiger partial charge in [-0.25, -0.2) is 0 Å². The molecule has 1 unspecified atom stereocenters. The number of hydrogen-bond donors (Lipinski definition) is 0. The van der Waals surface area contributed by atoms with Crippen molar-refractivity contribution in [3.63, 3.8) is 0 Å². The van der Waals surface area contributed by atoms with Crippen LogP contribution in [-0.4, -0.2) is 17.2 Å². The molecule has 4 heteroatoms. The van der Waals surface area contributed by atoms with Gasteiger partial charge in [0.05, 0.1) is 17.5 Å². The predicted molar refractivity (Wildman–Crippen MR) is 85.4 cm³/mol. The summed E-state index contributed by atoms with van der Waals surface area (Å²) in [6, 6.07) is 12.6. The van der Waals surface area contributed by atoms with Gasteiger partial charge >= 0.3 is 0 Å². The predicted octanol–water partition coefficient (Wildman–Crippen LogP) is 4.13. The van der Waals surface area contributed by atoms with Crippen molar-refractivity contribution in [3.05, 3.63) is 54.4 Å². The van der Waals surface area contributed by atoms with E-state index in [2.05, 4.69) is 51.5 Å². The number of hydrogen-bond acceptors (Lipinski definition) is 4. The Morgan fingerprint density at radius 1 is 1.20 bits per heavy atom. The van der Waals surface area contributed by atoms with Crippen LogP contribution in [0.1, 0.15) is 24.7 Å². The molecule has 20 heavy (non-hydrogen) atoms. The van der Waals surface area contributed by atoms with Crippen LogP contribution in [0.15, 0.2) is 58.8 Å². The lowest BCUT2D eigenvalue weighted by atomic mass is 10.2. The minimum Gasteiger partial charge on any atom is -0.265 e. The van der Waals surface area contributed by atoms with Crippen LogP contribution in [-0.2, 0) is 0 Å². The Labute approximate surface area is 123 Å². The average Bonchev–Trinajstić information content (AvgIpc) is 2.47. The van der Waals surface area contributed by atoms with E-state index in [1.807, 2.05) is 38.0 Å². The van der Waals surface area contributed by atoms with Crippen molar-refractivity contribution in [2.24, 2.45) is 5.10 Å². The Kier molecular flexibility index (Phi) is 3.74. The number of rotatable bonds is 2. The van der Waals surface area contributed by atoms with Gasteiger partial charge in [0, 0.05) is 23.0 Å². The maximum Gasteiger partial charge on any atom is 0.0730 e. The highest BCUT2D eigenvalue weighted by Crippen LogP contribution is 2.45. The Morgan fingerprint density at radius 2 is 1.95 bits per heavy atom. The molecule has 1 aliphatic rings. The molecule has 0 spiro atoms. The van der Waals surface area contributed by atoms with Crippen LogP contribution >= 0.6 is 11.8 Å². The average molecular weight is 283 g/mol. The summed E-state index contributed by atoms with van der Waals surface area (Å²) in [5, 5.41) is 7.18. The fourth-order valence-corrected chi connectivity index (χ4v) is 3.57. The van der Waals surface area contributed by atoms with Crippen molar-refractivity contribution in [3.8, 4) is 0 Å². The molecule has 0 N–H and O–H groups in total.